The zero-order valence-electron chi connectivity index (χ0n) is 15.4. The lowest BCUT2D eigenvalue weighted by atomic mass is 10.2. The first kappa shape index (κ1) is 19.0. The number of hydrogen-bond donors (Lipinski definition) is 2. The number of rotatable bonds is 5. The minimum Gasteiger partial charge on any atom is -0.497 e. The number of amides is 3. The van der Waals surface area contributed by atoms with Crippen LogP contribution in [0.25, 0.3) is 0 Å². The number of anilines is 1. The molecule has 2 N–H and O–H groups in total. The Hall–Kier alpha value is -3.75. The van der Waals surface area contributed by atoms with Gasteiger partial charge in [-0.3, -0.25) is 30.1 Å². The molecule has 28 heavy (non-hydrogen) atoms. The van der Waals surface area contributed by atoms with E-state index < -0.39 is 11.8 Å². The number of benzene rings is 2. The summed E-state index contributed by atoms with van der Waals surface area (Å²) < 4.78 is 15.6. The summed E-state index contributed by atoms with van der Waals surface area (Å²) in [5.74, 6) is -0.203. The van der Waals surface area contributed by atoms with Gasteiger partial charge in [0.15, 0.2) is 6.61 Å². The molecule has 0 spiro atoms. The molecule has 0 unspecified atom stereocenters. The second-order valence-electron chi connectivity index (χ2n) is 5.80. The van der Waals surface area contributed by atoms with Crippen LogP contribution < -0.4 is 30.0 Å². The summed E-state index contributed by atoms with van der Waals surface area (Å²) in [6, 6.07) is 11.6. The summed E-state index contributed by atoms with van der Waals surface area (Å²) >= 11 is 0. The van der Waals surface area contributed by atoms with Crippen LogP contribution in [0.15, 0.2) is 42.5 Å². The van der Waals surface area contributed by atoms with Gasteiger partial charge in [0.05, 0.1) is 25.5 Å². The van der Waals surface area contributed by atoms with Crippen LogP contribution in [0.5, 0.6) is 17.2 Å². The zero-order chi connectivity index (χ0) is 20.1. The number of carbonyl (C=O) groups is 3. The van der Waals surface area contributed by atoms with Gasteiger partial charge in [-0.25, -0.2) is 0 Å². The first-order valence-electron chi connectivity index (χ1n) is 8.37. The summed E-state index contributed by atoms with van der Waals surface area (Å²) in [6.45, 7) is -0.424. The Morgan fingerprint density at radius 2 is 1.89 bits per heavy atom. The molecule has 1 aliphatic rings. The van der Waals surface area contributed by atoms with Gasteiger partial charge in [0.1, 0.15) is 23.8 Å². The van der Waals surface area contributed by atoms with Gasteiger partial charge in [-0.15, -0.1) is 0 Å². The van der Waals surface area contributed by atoms with Gasteiger partial charge in [0.25, 0.3) is 17.7 Å². The zero-order valence-corrected chi connectivity index (χ0v) is 15.4. The third-order valence-electron chi connectivity index (χ3n) is 4.08. The van der Waals surface area contributed by atoms with E-state index in [4.69, 9.17) is 14.2 Å². The highest BCUT2D eigenvalue weighted by molar-refractivity contribution is 6.03. The molecule has 0 radical (unpaired) electrons. The molecule has 1 aliphatic heterocycles. The van der Waals surface area contributed by atoms with Crippen LogP contribution in [0.3, 0.4) is 0 Å². The highest BCUT2D eigenvalue weighted by atomic mass is 16.5. The molecule has 1 heterocycles. The Morgan fingerprint density at radius 1 is 1.11 bits per heavy atom. The SMILES string of the molecule is COc1ccc(OC)c(C(=O)NNC(=O)CN2C(=O)COc3ccccc32)c1. The molecule has 0 atom stereocenters. The molecule has 9 heteroatoms. The molecule has 146 valence electrons. The van der Waals surface area contributed by atoms with Crippen molar-refractivity contribution >= 4 is 23.4 Å². The van der Waals surface area contributed by atoms with E-state index in [1.807, 2.05) is 0 Å². The fourth-order valence-corrected chi connectivity index (χ4v) is 2.70. The first-order valence-corrected chi connectivity index (χ1v) is 8.37. The van der Waals surface area contributed by atoms with E-state index in [1.165, 1.54) is 25.2 Å². The number of ether oxygens (including phenoxy) is 3. The molecule has 0 saturated heterocycles. The maximum atomic E-state index is 12.4. The standard InChI is InChI=1S/C19H19N3O6/c1-26-12-7-8-15(27-2)13(9-12)19(25)21-20-17(23)10-22-14-5-3-4-6-16(14)28-11-18(22)24/h3-9H,10-11H2,1-2H3,(H,20,23)(H,21,25). The van der Waals surface area contributed by atoms with Crippen LogP contribution >= 0.6 is 0 Å². The molecule has 0 fully saturated rings. The molecule has 0 aromatic heterocycles. The van der Waals surface area contributed by atoms with Crippen molar-refractivity contribution in [1.82, 2.24) is 10.9 Å². The monoisotopic (exact) mass is 385 g/mol. The van der Waals surface area contributed by atoms with Gasteiger partial charge in [0, 0.05) is 0 Å². The number of nitrogens with one attached hydrogen (secondary N) is 2. The molecular weight excluding hydrogens is 366 g/mol. The summed E-state index contributed by atoms with van der Waals surface area (Å²) in [5.41, 5.74) is 5.29. The van der Waals surface area contributed by atoms with Gasteiger partial charge < -0.3 is 14.2 Å². The number of para-hydroxylation sites is 2. The topological polar surface area (TPSA) is 106 Å². The van der Waals surface area contributed by atoms with E-state index in [0.717, 1.165) is 0 Å². The van der Waals surface area contributed by atoms with Crippen LogP contribution in [0, 0.1) is 0 Å². The predicted molar refractivity (Wildman–Crippen MR) is 99.4 cm³/mol. The van der Waals surface area contributed by atoms with Gasteiger partial charge >= 0.3 is 0 Å². The van der Waals surface area contributed by atoms with E-state index in [-0.39, 0.29) is 24.6 Å². The first-order chi connectivity index (χ1) is 13.5. The summed E-state index contributed by atoms with van der Waals surface area (Å²) in [4.78, 5) is 38.1. The molecule has 2 aromatic rings. The molecular formula is C19H19N3O6. The number of fused-ring (bicyclic) bond motifs is 1. The smallest absolute Gasteiger partial charge is 0.273 e. The highest BCUT2D eigenvalue weighted by Gasteiger charge is 2.27. The molecule has 3 rings (SSSR count). The van der Waals surface area contributed by atoms with Crippen LogP contribution in [0.4, 0.5) is 5.69 Å². The fourth-order valence-electron chi connectivity index (χ4n) is 2.70. The highest BCUT2D eigenvalue weighted by Crippen LogP contribution is 2.31. The minimum absolute atomic E-state index is 0.155. The fraction of sp³-hybridized carbons (Fsp3) is 0.211. The third kappa shape index (κ3) is 3.98. The van der Waals surface area contributed by atoms with Crippen molar-refractivity contribution in [2.75, 3.05) is 32.3 Å². The van der Waals surface area contributed by atoms with E-state index in [2.05, 4.69) is 10.9 Å². The van der Waals surface area contributed by atoms with Gasteiger partial charge in [-0.2, -0.15) is 0 Å². The number of carbonyl (C=O) groups excluding carboxylic acids is 3. The molecule has 2 aromatic carbocycles. The Morgan fingerprint density at radius 3 is 2.64 bits per heavy atom. The lowest BCUT2D eigenvalue weighted by Crippen LogP contribution is -2.49. The predicted octanol–water partition coefficient (Wildman–Crippen LogP) is 0.890. The second kappa shape index (κ2) is 8.30. The lowest BCUT2D eigenvalue weighted by molar-refractivity contribution is -0.125. The van der Waals surface area contributed by atoms with Crippen molar-refractivity contribution in [3.63, 3.8) is 0 Å². The Bertz CT molecular complexity index is 914. The maximum Gasteiger partial charge on any atom is 0.273 e. The second-order valence-corrected chi connectivity index (χ2v) is 5.80. The Balaban J connectivity index is 1.65. The third-order valence-corrected chi connectivity index (χ3v) is 4.08. The van der Waals surface area contributed by atoms with Crippen molar-refractivity contribution < 1.29 is 28.6 Å². The van der Waals surface area contributed by atoms with Gasteiger partial charge in [-0.05, 0) is 30.3 Å². The summed E-state index contributed by atoms with van der Waals surface area (Å²) in [7, 11) is 2.90. The normalized spacial score (nSPS) is 12.5. The van der Waals surface area contributed by atoms with Crippen molar-refractivity contribution in [3.8, 4) is 17.2 Å². The van der Waals surface area contributed by atoms with Gasteiger partial charge in [-0.1, -0.05) is 12.1 Å². The number of hydrazine groups is 1. The molecule has 3 amide bonds. The maximum absolute atomic E-state index is 12.4. The summed E-state index contributed by atoms with van der Waals surface area (Å²) in [6.07, 6.45) is 0. The average Bonchev–Trinajstić information content (AvgIpc) is 2.73. The Kier molecular flexibility index (Phi) is 5.64. The van der Waals surface area contributed by atoms with Crippen LogP contribution in [0.2, 0.25) is 0 Å². The van der Waals surface area contributed by atoms with Crippen molar-refractivity contribution in [2.45, 2.75) is 0 Å². The van der Waals surface area contributed by atoms with E-state index >= 15 is 0 Å². The van der Waals surface area contributed by atoms with Crippen LogP contribution in [0.1, 0.15) is 10.4 Å². The number of methoxy groups -OCH3 is 2. The van der Waals surface area contributed by atoms with Crippen molar-refractivity contribution in [3.05, 3.63) is 48.0 Å². The van der Waals surface area contributed by atoms with Crippen LogP contribution in [-0.2, 0) is 9.59 Å². The lowest BCUT2D eigenvalue weighted by Gasteiger charge is -2.28. The quantitative estimate of drug-likeness (QED) is 0.741. The van der Waals surface area contributed by atoms with Gasteiger partial charge in [0.2, 0.25) is 0 Å². The van der Waals surface area contributed by atoms with Crippen molar-refractivity contribution in [2.24, 2.45) is 0 Å². The molecule has 9 nitrogen and oxygen atoms in total. The number of nitrogens with zero attached hydrogens (tertiary/aromatic N) is 1. The molecule has 0 saturated carbocycles. The number of hydrogen-bond acceptors (Lipinski definition) is 6. The minimum atomic E-state index is -0.585. The molecule has 0 bridgehead atoms. The molecule has 0 aliphatic carbocycles. The summed E-state index contributed by atoms with van der Waals surface area (Å²) in [5, 5.41) is 0. The largest absolute Gasteiger partial charge is 0.497 e. The average molecular weight is 385 g/mol. The van der Waals surface area contributed by atoms with E-state index in [9.17, 15) is 14.4 Å². The van der Waals surface area contributed by atoms with Crippen LogP contribution in [-0.4, -0.2) is 45.1 Å². The van der Waals surface area contributed by atoms with E-state index in [0.29, 0.717) is 22.9 Å². The van der Waals surface area contributed by atoms with E-state index in [1.54, 1.807) is 36.4 Å². The van der Waals surface area contributed by atoms with Crippen molar-refractivity contribution in [1.29, 1.82) is 0 Å². The Labute approximate surface area is 161 Å².